The van der Waals surface area contributed by atoms with Crippen LogP contribution in [0, 0.1) is 11.8 Å². The molecule has 0 saturated heterocycles. The van der Waals surface area contributed by atoms with Gasteiger partial charge in [0.1, 0.15) is 5.75 Å². The first kappa shape index (κ1) is 23.4. The molecule has 1 aromatic rings. The number of hydrogen-bond acceptors (Lipinski definition) is 2. The molecular weight excluding hydrogens is 387 g/mol. The van der Waals surface area contributed by atoms with Crippen molar-refractivity contribution in [3.63, 3.8) is 0 Å². The van der Waals surface area contributed by atoms with Gasteiger partial charge in [0.15, 0.2) is 0 Å². The Balaban J connectivity index is 1.34. The van der Waals surface area contributed by atoms with E-state index in [-0.39, 0.29) is 24.9 Å². The summed E-state index contributed by atoms with van der Waals surface area (Å²) in [7, 11) is 0. The van der Waals surface area contributed by atoms with Crippen molar-refractivity contribution >= 4 is 0 Å². The number of alkyl halides is 3. The van der Waals surface area contributed by atoms with Crippen LogP contribution in [0.15, 0.2) is 24.3 Å². The van der Waals surface area contributed by atoms with Crippen molar-refractivity contribution in [3.05, 3.63) is 29.8 Å². The molecule has 3 unspecified atom stereocenters. The third-order valence-electron chi connectivity index (χ3n) is 6.97. The van der Waals surface area contributed by atoms with Crippen LogP contribution in [0.1, 0.15) is 83.1 Å². The second kappa shape index (κ2) is 11.4. The predicted octanol–water partition coefficient (Wildman–Crippen LogP) is 7.07. The molecule has 0 heterocycles. The van der Waals surface area contributed by atoms with E-state index >= 15 is 0 Å². The minimum absolute atomic E-state index is 0.0136. The van der Waals surface area contributed by atoms with Gasteiger partial charge < -0.3 is 10.1 Å². The average Bonchev–Trinajstić information content (AvgIpc) is 2.73. The van der Waals surface area contributed by atoms with Gasteiger partial charge in [-0.2, -0.15) is 13.2 Å². The molecule has 30 heavy (non-hydrogen) atoms. The van der Waals surface area contributed by atoms with E-state index < -0.39 is 12.1 Å². The van der Waals surface area contributed by atoms with Crippen molar-refractivity contribution in [2.24, 2.45) is 11.8 Å². The van der Waals surface area contributed by atoms with E-state index in [2.05, 4.69) is 24.4 Å². The van der Waals surface area contributed by atoms with Gasteiger partial charge in [-0.25, -0.2) is 0 Å². The molecule has 2 nitrogen and oxygen atoms in total. The quantitative estimate of drug-likeness (QED) is 0.457. The molecule has 3 atom stereocenters. The van der Waals surface area contributed by atoms with Gasteiger partial charge in [0.05, 0.1) is 12.5 Å². The predicted molar refractivity (Wildman–Crippen MR) is 116 cm³/mol. The molecule has 0 radical (unpaired) electrons. The SMILES string of the molecule is CC(CCc1ccc(OCCC2CCCCC2)cc1)NC1CCCC(C(F)(F)F)C1. The van der Waals surface area contributed by atoms with Crippen LogP contribution in [0.4, 0.5) is 13.2 Å². The zero-order chi connectivity index (χ0) is 21.4. The van der Waals surface area contributed by atoms with Gasteiger partial charge in [-0.3, -0.25) is 0 Å². The zero-order valence-electron chi connectivity index (χ0n) is 18.4. The van der Waals surface area contributed by atoms with Crippen molar-refractivity contribution in [2.75, 3.05) is 6.61 Å². The maximum Gasteiger partial charge on any atom is 0.391 e. The summed E-state index contributed by atoms with van der Waals surface area (Å²) in [4.78, 5) is 0. The first-order valence-electron chi connectivity index (χ1n) is 11.9. The maximum atomic E-state index is 13.0. The standard InChI is InChI=1S/C25H38F3NO/c1-19(29-23-9-5-8-22(18-23)25(26,27)28)10-11-21-12-14-24(15-13-21)30-17-16-20-6-3-2-4-7-20/h12-15,19-20,22-23,29H,2-11,16-18H2,1H3. The number of nitrogens with one attached hydrogen (secondary N) is 1. The van der Waals surface area contributed by atoms with Crippen molar-refractivity contribution < 1.29 is 17.9 Å². The Bertz CT molecular complexity index is 610. The van der Waals surface area contributed by atoms with E-state index in [0.29, 0.717) is 6.42 Å². The lowest BCUT2D eigenvalue weighted by Crippen LogP contribution is -2.42. The van der Waals surface area contributed by atoms with Gasteiger partial charge >= 0.3 is 6.18 Å². The lowest BCUT2D eigenvalue weighted by atomic mass is 9.85. The van der Waals surface area contributed by atoms with Gasteiger partial charge in [-0.05, 0) is 69.1 Å². The van der Waals surface area contributed by atoms with Crippen LogP contribution >= 0.6 is 0 Å². The van der Waals surface area contributed by atoms with E-state index in [1.54, 1.807) is 0 Å². The van der Waals surface area contributed by atoms with Crippen LogP contribution in [-0.2, 0) is 6.42 Å². The summed E-state index contributed by atoms with van der Waals surface area (Å²) in [6.45, 7) is 2.88. The smallest absolute Gasteiger partial charge is 0.391 e. The van der Waals surface area contributed by atoms with Gasteiger partial charge in [0, 0.05) is 12.1 Å². The van der Waals surface area contributed by atoms with Crippen LogP contribution in [0.3, 0.4) is 0 Å². The highest BCUT2D eigenvalue weighted by molar-refractivity contribution is 5.27. The first-order valence-corrected chi connectivity index (χ1v) is 11.9. The number of benzene rings is 1. The van der Waals surface area contributed by atoms with E-state index in [4.69, 9.17) is 4.74 Å². The van der Waals surface area contributed by atoms with E-state index in [1.807, 2.05) is 12.1 Å². The molecule has 0 bridgehead atoms. The molecule has 2 fully saturated rings. The minimum Gasteiger partial charge on any atom is -0.494 e. The molecule has 0 aliphatic heterocycles. The van der Waals surface area contributed by atoms with Crippen molar-refractivity contribution in [3.8, 4) is 5.75 Å². The number of hydrogen-bond donors (Lipinski definition) is 1. The fourth-order valence-corrected chi connectivity index (χ4v) is 5.08. The van der Waals surface area contributed by atoms with Crippen LogP contribution in [0.25, 0.3) is 0 Å². The summed E-state index contributed by atoms with van der Waals surface area (Å²) in [6.07, 6.45) is 7.81. The lowest BCUT2D eigenvalue weighted by molar-refractivity contribution is -0.183. The topological polar surface area (TPSA) is 21.3 Å². The largest absolute Gasteiger partial charge is 0.494 e. The molecule has 0 aromatic heterocycles. The van der Waals surface area contributed by atoms with Crippen LogP contribution in [0.2, 0.25) is 0 Å². The van der Waals surface area contributed by atoms with Crippen molar-refractivity contribution in [1.82, 2.24) is 5.32 Å². The number of halogens is 3. The van der Waals surface area contributed by atoms with Crippen LogP contribution < -0.4 is 10.1 Å². The fourth-order valence-electron chi connectivity index (χ4n) is 5.08. The summed E-state index contributed by atoms with van der Waals surface area (Å²) in [5.74, 6) is 0.630. The molecule has 0 amide bonds. The lowest BCUT2D eigenvalue weighted by Gasteiger charge is -2.33. The van der Waals surface area contributed by atoms with E-state index in [1.165, 1.54) is 37.7 Å². The summed E-state index contributed by atoms with van der Waals surface area (Å²) < 4.78 is 44.9. The Morgan fingerprint density at radius 1 is 1.00 bits per heavy atom. The molecule has 3 rings (SSSR count). The van der Waals surface area contributed by atoms with Gasteiger partial charge in [-0.15, -0.1) is 0 Å². The highest BCUT2D eigenvalue weighted by Gasteiger charge is 2.42. The third-order valence-corrected chi connectivity index (χ3v) is 6.97. The van der Waals surface area contributed by atoms with Gasteiger partial charge in [0.2, 0.25) is 0 Å². The zero-order valence-corrected chi connectivity index (χ0v) is 18.4. The monoisotopic (exact) mass is 425 g/mol. The maximum absolute atomic E-state index is 13.0. The minimum atomic E-state index is -4.05. The second-order valence-corrected chi connectivity index (χ2v) is 9.49. The highest BCUT2D eigenvalue weighted by atomic mass is 19.4. The summed E-state index contributed by atoms with van der Waals surface area (Å²) in [5, 5.41) is 3.44. The molecule has 2 aliphatic rings. The average molecular weight is 426 g/mol. The van der Waals surface area contributed by atoms with Gasteiger partial charge in [0.25, 0.3) is 0 Å². The molecule has 1 aromatic carbocycles. The normalized spacial score (nSPS) is 24.5. The van der Waals surface area contributed by atoms with Crippen molar-refractivity contribution in [1.29, 1.82) is 0 Å². The van der Waals surface area contributed by atoms with Crippen LogP contribution in [0.5, 0.6) is 5.75 Å². The fraction of sp³-hybridized carbons (Fsp3) is 0.760. The molecular formula is C25H38F3NO. The second-order valence-electron chi connectivity index (χ2n) is 9.49. The molecule has 1 N–H and O–H groups in total. The molecule has 170 valence electrons. The highest BCUT2D eigenvalue weighted by Crippen LogP contribution is 2.37. The van der Waals surface area contributed by atoms with E-state index in [0.717, 1.165) is 44.0 Å². The van der Waals surface area contributed by atoms with E-state index in [9.17, 15) is 13.2 Å². The Morgan fingerprint density at radius 3 is 2.43 bits per heavy atom. The summed E-state index contributed by atoms with van der Waals surface area (Å²) in [6, 6.07) is 8.52. The Morgan fingerprint density at radius 2 is 1.73 bits per heavy atom. The Kier molecular flexibility index (Phi) is 8.91. The molecule has 5 heteroatoms. The number of rotatable bonds is 9. The Hall–Kier alpha value is -1.23. The van der Waals surface area contributed by atoms with Crippen molar-refractivity contribution in [2.45, 2.75) is 102 Å². The molecule has 2 aliphatic carbocycles. The van der Waals surface area contributed by atoms with Gasteiger partial charge in [-0.1, -0.05) is 50.7 Å². The summed E-state index contributed by atoms with van der Waals surface area (Å²) in [5.41, 5.74) is 1.25. The summed E-state index contributed by atoms with van der Waals surface area (Å²) >= 11 is 0. The molecule has 0 spiro atoms. The van der Waals surface area contributed by atoms with Crippen LogP contribution in [-0.4, -0.2) is 24.9 Å². The third kappa shape index (κ3) is 7.79. The number of ether oxygens (including phenoxy) is 1. The molecule has 2 saturated carbocycles. The Labute approximate surface area is 180 Å². The first-order chi connectivity index (χ1) is 14.4. The number of aryl methyl sites for hydroxylation is 1.